The van der Waals surface area contributed by atoms with Crippen molar-refractivity contribution in [3.8, 4) is 5.75 Å². The number of rotatable bonds is 5. The molecule has 2 amide bonds. The van der Waals surface area contributed by atoms with Gasteiger partial charge in [-0.3, -0.25) is 14.5 Å². The van der Waals surface area contributed by atoms with Crippen molar-refractivity contribution in [1.82, 2.24) is 4.90 Å². The largest absolute Gasteiger partial charge is 0.482 e. The highest BCUT2D eigenvalue weighted by molar-refractivity contribution is 6.34. The topological polar surface area (TPSA) is 71.1 Å². The summed E-state index contributed by atoms with van der Waals surface area (Å²) in [5, 5.41) is 3.23. The Morgan fingerprint density at radius 2 is 1.90 bits per heavy atom. The zero-order chi connectivity index (χ0) is 20.2. The minimum atomic E-state index is -0.307. The number of ether oxygens (including phenoxy) is 2. The molecule has 0 spiro atoms. The van der Waals surface area contributed by atoms with Gasteiger partial charge in [-0.05, 0) is 30.3 Å². The molecular weight excluding hydrogens is 394 g/mol. The van der Waals surface area contributed by atoms with Gasteiger partial charge >= 0.3 is 0 Å². The number of amides is 2. The van der Waals surface area contributed by atoms with E-state index in [1.54, 1.807) is 47.4 Å². The summed E-state index contributed by atoms with van der Waals surface area (Å²) >= 11 is 6.11. The third kappa shape index (κ3) is 4.53. The Hall–Kier alpha value is -2.61. The highest BCUT2D eigenvalue weighted by atomic mass is 35.5. The molecule has 1 fully saturated rings. The van der Waals surface area contributed by atoms with Gasteiger partial charge in [-0.1, -0.05) is 23.7 Å². The van der Waals surface area contributed by atoms with Crippen LogP contribution in [0.25, 0.3) is 0 Å². The van der Waals surface area contributed by atoms with Crippen molar-refractivity contribution < 1.29 is 19.1 Å². The van der Waals surface area contributed by atoms with Crippen LogP contribution in [0.5, 0.6) is 5.75 Å². The number of anilines is 2. The Bertz CT molecular complexity index is 915. The van der Waals surface area contributed by atoms with Crippen LogP contribution in [0.3, 0.4) is 0 Å². The molecule has 7 nitrogen and oxygen atoms in total. The maximum absolute atomic E-state index is 12.6. The van der Waals surface area contributed by atoms with E-state index in [4.69, 9.17) is 21.1 Å². The van der Waals surface area contributed by atoms with E-state index in [1.165, 1.54) is 0 Å². The Morgan fingerprint density at radius 1 is 1.10 bits per heavy atom. The SMILES string of the molecule is O=C(Nc1ccc2c(c1)N(CCN1CCOCC1)C(=O)CO2)c1ccccc1Cl. The summed E-state index contributed by atoms with van der Waals surface area (Å²) < 4.78 is 10.9. The van der Waals surface area contributed by atoms with Gasteiger partial charge in [-0.2, -0.15) is 0 Å². The van der Waals surface area contributed by atoms with Gasteiger partial charge in [0.2, 0.25) is 0 Å². The highest BCUT2D eigenvalue weighted by Gasteiger charge is 2.26. The molecule has 2 aliphatic rings. The van der Waals surface area contributed by atoms with Crippen LogP contribution in [0.2, 0.25) is 5.02 Å². The van der Waals surface area contributed by atoms with Gasteiger partial charge in [0.15, 0.2) is 6.61 Å². The summed E-state index contributed by atoms with van der Waals surface area (Å²) in [5.74, 6) is 0.223. The first-order chi connectivity index (χ1) is 14.1. The normalized spacial score (nSPS) is 16.9. The Morgan fingerprint density at radius 3 is 2.69 bits per heavy atom. The predicted molar refractivity (Wildman–Crippen MR) is 111 cm³/mol. The van der Waals surface area contributed by atoms with Gasteiger partial charge in [0, 0.05) is 31.9 Å². The van der Waals surface area contributed by atoms with Crippen LogP contribution in [0.15, 0.2) is 42.5 Å². The smallest absolute Gasteiger partial charge is 0.265 e. The van der Waals surface area contributed by atoms with Crippen molar-refractivity contribution in [2.45, 2.75) is 0 Å². The number of benzene rings is 2. The van der Waals surface area contributed by atoms with Gasteiger partial charge in [0.05, 0.1) is 29.5 Å². The zero-order valence-corrected chi connectivity index (χ0v) is 16.7. The number of nitrogens with one attached hydrogen (secondary N) is 1. The highest BCUT2D eigenvalue weighted by Crippen LogP contribution is 2.34. The number of fused-ring (bicyclic) bond motifs is 1. The van der Waals surface area contributed by atoms with Crippen molar-refractivity contribution in [2.75, 3.05) is 56.2 Å². The van der Waals surface area contributed by atoms with E-state index in [0.29, 0.717) is 47.5 Å². The second-order valence-corrected chi connectivity index (χ2v) is 7.31. The monoisotopic (exact) mass is 415 g/mol. The molecule has 0 atom stereocenters. The van der Waals surface area contributed by atoms with Gasteiger partial charge in [-0.15, -0.1) is 0 Å². The van der Waals surface area contributed by atoms with Crippen molar-refractivity contribution >= 4 is 34.8 Å². The van der Waals surface area contributed by atoms with Crippen molar-refractivity contribution in [1.29, 1.82) is 0 Å². The lowest BCUT2D eigenvalue weighted by Gasteiger charge is -2.33. The molecule has 0 radical (unpaired) electrons. The summed E-state index contributed by atoms with van der Waals surface area (Å²) in [7, 11) is 0. The molecule has 0 saturated carbocycles. The molecule has 152 valence electrons. The quantitative estimate of drug-likeness (QED) is 0.812. The second kappa shape index (κ2) is 8.82. The second-order valence-electron chi connectivity index (χ2n) is 6.90. The fraction of sp³-hybridized carbons (Fsp3) is 0.333. The van der Waals surface area contributed by atoms with Crippen LogP contribution in [-0.4, -0.2) is 62.7 Å². The number of nitrogens with zero attached hydrogens (tertiary/aromatic N) is 2. The van der Waals surface area contributed by atoms with Crippen molar-refractivity contribution in [2.24, 2.45) is 0 Å². The molecule has 1 saturated heterocycles. The van der Waals surface area contributed by atoms with Crippen LogP contribution >= 0.6 is 11.6 Å². The minimum absolute atomic E-state index is 0.0153. The van der Waals surface area contributed by atoms with E-state index in [9.17, 15) is 9.59 Å². The van der Waals surface area contributed by atoms with E-state index < -0.39 is 0 Å². The lowest BCUT2D eigenvalue weighted by Crippen LogP contribution is -2.45. The molecule has 2 aliphatic heterocycles. The standard InChI is InChI=1S/C21H22ClN3O4/c22-17-4-2-1-3-16(17)21(27)23-15-5-6-19-18(13-15)25(20(26)14-29-19)8-7-24-9-11-28-12-10-24/h1-6,13H,7-12,14H2,(H,23,27). The molecule has 8 heteroatoms. The molecular formula is C21H22ClN3O4. The van der Waals surface area contributed by atoms with E-state index in [-0.39, 0.29) is 18.4 Å². The Labute approximate surface area is 174 Å². The average molecular weight is 416 g/mol. The first-order valence-electron chi connectivity index (χ1n) is 9.55. The van der Waals surface area contributed by atoms with Gasteiger partial charge in [0.25, 0.3) is 11.8 Å². The average Bonchev–Trinajstić information content (AvgIpc) is 2.74. The Kier molecular flexibility index (Phi) is 5.99. The van der Waals surface area contributed by atoms with Crippen LogP contribution in [0.1, 0.15) is 10.4 Å². The molecule has 0 unspecified atom stereocenters. The molecule has 0 aliphatic carbocycles. The molecule has 4 rings (SSSR count). The molecule has 2 aromatic rings. The molecule has 0 bridgehead atoms. The number of hydrogen-bond acceptors (Lipinski definition) is 5. The number of hydrogen-bond donors (Lipinski definition) is 1. The molecule has 1 N–H and O–H groups in total. The van der Waals surface area contributed by atoms with Gasteiger partial charge < -0.3 is 19.7 Å². The lowest BCUT2D eigenvalue weighted by atomic mass is 10.1. The predicted octanol–water partition coefficient (Wildman–Crippen LogP) is 2.65. The lowest BCUT2D eigenvalue weighted by molar-refractivity contribution is -0.121. The van der Waals surface area contributed by atoms with E-state index in [1.807, 2.05) is 0 Å². The van der Waals surface area contributed by atoms with Crippen molar-refractivity contribution in [3.05, 3.63) is 53.1 Å². The maximum Gasteiger partial charge on any atom is 0.265 e. The van der Waals surface area contributed by atoms with E-state index >= 15 is 0 Å². The summed E-state index contributed by atoms with van der Waals surface area (Å²) in [6, 6.07) is 12.1. The van der Waals surface area contributed by atoms with E-state index in [2.05, 4.69) is 10.2 Å². The van der Waals surface area contributed by atoms with Gasteiger partial charge in [-0.25, -0.2) is 0 Å². The van der Waals surface area contributed by atoms with Crippen LogP contribution in [-0.2, 0) is 9.53 Å². The number of carbonyl (C=O) groups excluding carboxylic acids is 2. The minimum Gasteiger partial charge on any atom is -0.482 e. The number of morpholine rings is 1. The molecule has 2 aromatic carbocycles. The molecule has 29 heavy (non-hydrogen) atoms. The summed E-state index contributed by atoms with van der Waals surface area (Å²) in [4.78, 5) is 29.0. The molecule has 0 aromatic heterocycles. The van der Waals surface area contributed by atoms with Crippen LogP contribution in [0.4, 0.5) is 11.4 Å². The number of halogens is 1. The third-order valence-electron chi connectivity index (χ3n) is 5.02. The third-order valence-corrected chi connectivity index (χ3v) is 5.35. The zero-order valence-electron chi connectivity index (χ0n) is 15.9. The first-order valence-corrected chi connectivity index (χ1v) is 9.93. The fourth-order valence-corrected chi connectivity index (χ4v) is 3.66. The van der Waals surface area contributed by atoms with E-state index in [0.717, 1.165) is 19.6 Å². The summed E-state index contributed by atoms with van der Waals surface area (Å²) in [6.45, 7) is 4.47. The number of carbonyl (C=O) groups is 2. The van der Waals surface area contributed by atoms with Crippen LogP contribution < -0.4 is 15.0 Å². The fourth-order valence-electron chi connectivity index (χ4n) is 3.43. The first kappa shape index (κ1) is 19.7. The Balaban J connectivity index is 1.50. The summed E-state index contributed by atoms with van der Waals surface area (Å²) in [6.07, 6.45) is 0. The van der Waals surface area contributed by atoms with Crippen LogP contribution in [0, 0.1) is 0 Å². The molecule has 2 heterocycles. The van der Waals surface area contributed by atoms with Gasteiger partial charge in [0.1, 0.15) is 5.75 Å². The summed E-state index contributed by atoms with van der Waals surface area (Å²) in [5.41, 5.74) is 1.62. The maximum atomic E-state index is 12.6. The van der Waals surface area contributed by atoms with Crippen molar-refractivity contribution in [3.63, 3.8) is 0 Å².